The van der Waals surface area contributed by atoms with Crippen LogP contribution in [-0.4, -0.2) is 64.5 Å². The summed E-state index contributed by atoms with van der Waals surface area (Å²) in [6.07, 6.45) is -7.14. The highest BCUT2D eigenvalue weighted by Crippen LogP contribution is 2.44. The molecule has 0 aliphatic carbocycles. The summed E-state index contributed by atoms with van der Waals surface area (Å²) in [7, 11) is 0. The SMILES string of the molecule is CC(C)c1c(O[C@@H]2O[C@H](CO)[C@@H](O)[C@H](O)[C@H]2O)ccc2c1oc(=O)c1ccc3c(c12)OCO3. The van der Waals surface area contributed by atoms with E-state index in [1.165, 1.54) is 0 Å². The molecule has 0 radical (unpaired) electrons. The van der Waals surface area contributed by atoms with Crippen LogP contribution >= 0.6 is 0 Å². The van der Waals surface area contributed by atoms with Crippen molar-refractivity contribution in [1.82, 2.24) is 0 Å². The molecule has 10 nitrogen and oxygen atoms in total. The number of aliphatic hydroxyl groups is 4. The van der Waals surface area contributed by atoms with Gasteiger partial charge in [-0.2, -0.15) is 0 Å². The lowest BCUT2D eigenvalue weighted by Gasteiger charge is -2.39. The predicted molar refractivity (Wildman–Crippen MR) is 115 cm³/mol. The van der Waals surface area contributed by atoms with Crippen LogP contribution in [-0.2, 0) is 4.74 Å². The zero-order chi connectivity index (χ0) is 23.4. The summed E-state index contributed by atoms with van der Waals surface area (Å²) in [5.74, 6) is 1.07. The first-order chi connectivity index (χ1) is 15.8. The minimum absolute atomic E-state index is 0.0471. The zero-order valence-corrected chi connectivity index (χ0v) is 17.9. The van der Waals surface area contributed by atoms with Crippen molar-refractivity contribution < 1.29 is 43.8 Å². The second kappa shape index (κ2) is 8.15. The molecule has 0 bridgehead atoms. The van der Waals surface area contributed by atoms with Crippen LogP contribution in [0.1, 0.15) is 25.3 Å². The van der Waals surface area contributed by atoms with Crippen molar-refractivity contribution in [2.45, 2.75) is 50.5 Å². The summed E-state index contributed by atoms with van der Waals surface area (Å²) in [5, 5.41) is 41.4. The highest BCUT2D eigenvalue weighted by atomic mass is 16.7. The Morgan fingerprint density at radius 3 is 2.52 bits per heavy atom. The Morgan fingerprint density at radius 1 is 1.03 bits per heavy atom. The van der Waals surface area contributed by atoms with E-state index in [1.54, 1.807) is 24.3 Å². The molecule has 10 heteroatoms. The van der Waals surface area contributed by atoms with Crippen molar-refractivity contribution in [2.75, 3.05) is 13.4 Å². The van der Waals surface area contributed by atoms with Gasteiger partial charge in [0.05, 0.1) is 12.0 Å². The molecule has 0 spiro atoms. The summed E-state index contributed by atoms with van der Waals surface area (Å²) < 4.78 is 28.2. The molecule has 0 unspecified atom stereocenters. The second-order valence-corrected chi connectivity index (χ2v) is 8.44. The Balaban J connectivity index is 1.66. The molecule has 5 atom stereocenters. The number of hydrogen-bond acceptors (Lipinski definition) is 10. The maximum Gasteiger partial charge on any atom is 0.344 e. The zero-order valence-electron chi connectivity index (χ0n) is 17.9. The predicted octanol–water partition coefficient (Wildman–Crippen LogP) is 0.977. The molecular weight excluding hydrogens is 436 g/mol. The average Bonchev–Trinajstić information content (AvgIpc) is 3.28. The maximum atomic E-state index is 12.8. The third kappa shape index (κ3) is 3.42. The minimum atomic E-state index is -1.58. The summed E-state index contributed by atoms with van der Waals surface area (Å²) >= 11 is 0. The van der Waals surface area contributed by atoms with E-state index in [0.717, 1.165) is 0 Å². The number of aliphatic hydroxyl groups excluding tert-OH is 4. The standard InChI is InChI=1S/C23H24O10/c1-9(2)15-12(31-23-19(27)18(26)17(25)14(7-24)32-23)5-3-10-16-11(22(28)33-20(10)15)4-6-13-21(16)30-8-29-13/h3-6,9,14,17-19,23-27H,7-8H2,1-2H3/t14-,17-,18+,19-,23-/m1/s1. The van der Waals surface area contributed by atoms with Gasteiger partial charge in [0.1, 0.15) is 35.7 Å². The van der Waals surface area contributed by atoms with Gasteiger partial charge in [-0.3, -0.25) is 0 Å². The number of ether oxygens (including phenoxy) is 4. The number of hydrogen-bond donors (Lipinski definition) is 4. The monoisotopic (exact) mass is 460 g/mol. The molecule has 3 heterocycles. The summed E-state index contributed by atoms with van der Waals surface area (Å²) in [5.41, 5.74) is 0.274. The van der Waals surface area contributed by atoms with Crippen LogP contribution in [0.5, 0.6) is 17.2 Å². The normalized spacial score (nSPS) is 26.9. The first kappa shape index (κ1) is 21.9. The van der Waals surface area contributed by atoms with E-state index in [4.69, 9.17) is 23.4 Å². The van der Waals surface area contributed by atoms with Crippen LogP contribution < -0.4 is 19.8 Å². The van der Waals surface area contributed by atoms with Crippen LogP contribution in [0.15, 0.2) is 33.5 Å². The second-order valence-electron chi connectivity index (χ2n) is 8.44. The Kier molecular flexibility index (Phi) is 5.42. The lowest BCUT2D eigenvalue weighted by molar-refractivity contribution is -0.277. The fourth-order valence-electron chi connectivity index (χ4n) is 4.39. The maximum absolute atomic E-state index is 12.8. The fourth-order valence-corrected chi connectivity index (χ4v) is 4.39. The molecular formula is C23H24O10. The van der Waals surface area contributed by atoms with E-state index in [1.807, 2.05) is 13.8 Å². The van der Waals surface area contributed by atoms with Crippen LogP contribution in [0.2, 0.25) is 0 Å². The Morgan fingerprint density at radius 2 is 1.79 bits per heavy atom. The molecule has 1 saturated heterocycles. The molecule has 1 fully saturated rings. The third-order valence-electron chi connectivity index (χ3n) is 6.05. The van der Waals surface area contributed by atoms with Gasteiger partial charge in [-0.25, -0.2) is 4.79 Å². The van der Waals surface area contributed by atoms with Gasteiger partial charge in [0.15, 0.2) is 11.5 Å². The Bertz CT molecular complexity index is 1260. The molecule has 33 heavy (non-hydrogen) atoms. The van der Waals surface area contributed by atoms with E-state index in [-0.39, 0.29) is 24.0 Å². The Labute approximate surface area is 187 Å². The van der Waals surface area contributed by atoms with Gasteiger partial charge in [0.25, 0.3) is 0 Å². The van der Waals surface area contributed by atoms with E-state index in [0.29, 0.717) is 33.2 Å². The quantitative estimate of drug-likeness (QED) is 0.328. The van der Waals surface area contributed by atoms with Gasteiger partial charge in [-0.05, 0) is 30.2 Å². The van der Waals surface area contributed by atoms with E-state index < -0.39 is 42.9 Å². The molecule has 0 saturated carbocycles. The largest absolute Gasteiger partial charge is 0.462 e. The molecule has 2 aliphatic heterocycles. The van der Waals surface area contributed by atoms with Gasteiger partial charge in [0, 0.05) is 16.3 Å². The topological polar surface area (TPSA) is 148 Å². The van der Waals surface area contributed by atoms with Gasteiger partial charge in [0.2, 0.25) is 13.1 Å². The van der Waals surface area contributed by atoms with Gasteiger partial charge < -0.3 is 43.8 Å². The summed E-state index contributed by atoms with van der Waals surface area (Å²) in [6.45, 7) is 3.24. The molecule has 4 N–H and O–H groups in total. The molecule has 1 aromatic heterocycles. The molecule has 2 aromatic carbocycles. The number of rotatable bonds is 4. The smallest absolute Gasteiger partial charge is 0.344 e. The van der Waals surface area contributed by atoms with Crippen LogP contribution in [0.3, 0.4) is 0 Å². The minimum Gasteiger partial charge on any atom is -0.462 e. The van der Waals surface area contributed by atoms with Crippen LogP contribution in [0, 0.1) is 0 Å². The Hall–Kier alpha value is -2.89. The lowest BCUT2D eigenvalue weighted by Crippen LogP contribution is -2.60. The first-order valence-corrected chi connectivity index (χ1v) is 10.6. The highest BCUT2D eigenvalue weighted by molar-refractivity contribution is 6.10. The average molecular weight is 460 g/mol. The molecule has 5 rings (SSSR count). The van der Waals surface area contributed by atoms with Gasteiger partial charge in [-0.15, -0.1) is 0 Å². The fraction of sp³-hybridized carbons (Fsp3) is 0.435. The van der Waals surface area contributed by atoms with Gasteiger partial charge >= 0.3 is 5.63 Å². The lowest BCUT2D eigenvalue weighted by atomic mass is 9.96. The molecule has 3 aromatic rings. The molecule has 2 aliphatic rings. The number of benzene rings is 2. The van der Waals surface area contributed by atoms with Crippen molar-refractivity contribution in [3.8, 4) is 17.2 Å². The first-order valence-electron chi connectivity index (χ1n) is 10.6. The van der Waals surface area contributed by atoms with E-state index in [2.05, 4.69) is 0 Å². The number of fused-ring (bicyclic) bond motifs is 5. The van der Waals surface area contributed by atoms with Gasteiger partial charge in [-0.1, -0.05) is 13.8 Å². The third-order valence-corrected chi connectivity index (χ3v) is 6.05. The van der Waals surface area contributed by atoms with Crippen molar-refractivity contribution in [2.24, 2.45) is 0 Å². The molecule has 0 amide bonds. The summed E-state index contributed by atoms with van der Waals surface area (Å²) in [6, 6.07) is 6.64. The van der Waals surface area contributed by atoms with Crippen molar-refractivity contribution in [1.29, 1.82) is 0 Å². The summed E-state index contributed by atoms with van der Waals surface area (Å²) in [4.78, 5) is 12.8. The molecule has 176 valence electrons. The van der Waals surface area contributed by atoms with Crippen LogP contribution in [0.4, 0.5) is 0 Å². The highest BCUT2D eigenvalue weighted by Gasteiger charge is 2.45. The van der Waals surface area contributed by atoms with Crippen molar-refractivity contribution >= 4 is 21.7 Å². The van der Waals surface area contributed by atoms with E-state index in [9.17, 15) is 25.2 Å². The van der Waals surface area contributed by atoms with Crippen molar-refractivity contribution in [3.05, 3.63) is 40.2 Å². The van der Waals surface area contributed by atoms with Crippen LogP contribution in [0.25, 0.3) is 21.7 Å². The van der Waals surface area contributed by atoms with E-state index >= 15 is 0 Å². The van der Waals surface area contributed by atoms with Crippen molar-refractivity contribution in [3.63, 3.8) is 0 Å².